The fraction of sp³-hybridized carbons (Fsp3) is 0. The summed E-state index contributed by atoms with van der Waals surface area (Å²) in [6.07, 6.45) is 0. The topological polar surface area (TPSA) is 14.3 Å². The third kappa shape index (κ3) is 4.79. The van der Waals surface area contributed by atoms with E-state index in [9.17, 15) is 0 Å². The molecule has 4 aromatic heterocycles. The van der Waals surface area contributed by atoms with E-state index in [0.29, 0.717) is 0 Å². The molecule has 3 nitrogen and oxygen atoms in total. The van der Waals surface area contributed by atoms with Crippen LogP contribution < -0.4 is 0 Å². The van der Waals surface area contributed by atoms with E-state index in [2.05, 4.69) is 238 Å². The number of hydrogen-bond donors (Lipinski definition) is 0. The van der Waals surface area contributed by atoms with Crippen LogP contribution in [0.15, 0.2) is 224 Å². The SMILES string of the molecule is c1ccc(-c2c(-c3ccccc3)n3c4ccccc4c4cc5ccccc5c5c4c4c(ccc2c43)n5-c2ccc(-c3ccc(-n4c5ccccc5c5ccccc54)cc3)cc2)cc1. The Morgan fingerprint density at radius 1 is 0.270 bits per heavy atom. The van der Waals surface area contributed by atoms with Crippen molar-refractivity contribution in [2.24, 2.45) is 0 Å². The monoisotopic (exact) mass is 799 g/mol. The summed E-state index contributed by atoms with van der Waals surface area (Å²) in [5.41, 5.74) is 16.9. The van der Waals surface area contributed by atoms with Gasteiger partial charge in [-0.15, -0.1) is 0 Å². The molecule has 292 valence electrons. The summed E-state index contributed by atoms with van der Waals surface area (Å²) in [6.45, 7) is 0. The van der Waals surface area contributed by atoms with Crippen LogP contribution in [-0.4, -0.2) is 13.5 Å². The number of para-hydroxylation sites is 3. The van der Waals surface area contributed by atoms with Crippen LogP contribution in [0.5, 0.6) is 0 Å². The molecule has 0 atom stereocenters. The van der Waals surface area contributed by atoms with Gasteiger partial charge in [0.2, 0.25) is 0 Å². The van der Waals surface area contributed by atoms with Gasteiger partial charge in [-0.05, 0) is 87.6 Å². The fourth-order valence-electron chi connectivity index (χ4n) is 10.9. The molecule has 0 spiro atoms. The Morgan fingerprint density at radius 2 is 0.778 bits per heavy atom. The Balaban J connectivity index is 1.02. The molecule has 63 heavy (non-hydrogen) atoms. The first-order valence-electron chi connectivity index (χ1n) is 21.8. The van der Waals surface area contributed by atoms with Crippen LogP contribution in [0, 0.1) is 0 Å². The Bertz CT molecular complexity index is 4040. The highest BCUT2D eigenvalue weighted by molar-refractivity contribution is 6.36. The largest absolute Gasteiger partial charge is 0.309 e. The minimum Gasteiger partial charge on any atom is -0.309 e. The molecule has 4 heterocycles. The lowest BCUT2D eigenvalue weighted by molar-refractivity contribution is 1.18. The van der Waals surface area contributed by atoms with Crippen LogP contribution >= 0.6 is 0 Å². The van der Waals surface area contributed by atoms with Crippen molar-refractivity contribution in [3.05, 3.63) is 224 Å². The standard InChI is InChI=1S/C60H37N3/c1-3-15-40(16-4-1)55-49-35-36-54-57-56-50(48-23-11-14-26-53(48)63(60(49)57)58(55)41-17-5-2-6-18-41)37-42-19-7-8-20-45(42)59(56)62(54)44-33-29-39(30-34-44)38-27-31-43(32-28-38)61-51-24-12-9-21-46(51)47-22-10-13-25-52(47)61/h1-37H. The molecule has 14 aromatic rings. The Morgan fingerprint density at radius 3 is 1.41 bits per heavy atom. The molecule has 0 unspecified atom stereocenters. The summed E-state index contributed by atoms with van der Waals surface area (Å²) in [7, 11) is 0. The third-order valence-electron chi connectivity index (χ3n) is 13.6. The van der Waals surface area contributed by atoms with E-state index in [0.717, 1.165) is 11.4 Å². The lowest BCUT2D eigenvalue weighted by Crippen LogP contribution is -1.96. The molecule has 10 aromatic carbocycles. The van der Waals surface area contributed by atoms with Gasteiger partial charge < -0.3 is 13.5 Å². The summed E-state index contributed by atoms with van der Waals surface area (Å²) in [6, 6.07) is 82.6. The maximum atomic E-state index is 2.57. The van der Waals surface area contributed by atoms with Gasteiger partial charge in [-0.25, -0.2) is 0 Å². The first-order chi connectivity index (χ1) is 31.3. The molecule has 3 heteroatoms. The van der Waals surface area contributed by atoms with Crippen molar-refractivity contribution in [1.29, 1.82) is 0 Å². The number of aromatic nitrogens is 3. The summed E-state index contributed by atoms with van der Waals surface area (Å²) in [4.78, 5) is 0. The second-order valence-corrected chi connectivity index (χ2v) is 16.8. The summed E-state index contributed by atoms with van der Waals surface area (Å²) in [5.74, 6) is 0. The van der Waals surface area contributed by atoms with Crippen molar-refractivity contribution >= 4 is 81.6 Å². The van der Waals surface area contributed by atoms with Gasteiger partial charge in [-0.3, -0.25) is 0 Å². The highest BCUT2D eigenvalue weighted by Gasteiger charge is 2.27. The summed E-state index contributed by atoms with van der Waals surface area (Å²) >= 11 is 0. The molecule has 0 aliphatic heterocycles. The second kappa shape index (κ2) is 13.1. The van der Waals surface area contributed by atoms with Crippen LogP contribution in [0.25, 0.3) is 126 Å². The van der Waals surface area contributed by atoms with Gasteiger partial charge in [0.15, 0.2) is 0 Å². The quantitative estimate of drug-likeness (QED) is 0.165. The lowest BCUT2D eigenvalue weighted by Gasteiger charge is -2.13. The molecule has 0 saturated carbocycles. The van der Waals surface area contributed by atoms with Gasteiger partial charge in [0, 0.05) is 54.6 Å². The highest BCUT2D eigenvalue weighted by atomic mass is 15.0. The molecule has 0 fully saturated rings. The number of fused-ring (bicyclic) bond motifs is 8. The van der Waals surface area contributed by atoms with E-state index in [1.54, 1.807) is 0 Å². The molecular formula is C60H37N3. The molecular weight excluding hydrogens is 763 g/mol. The Kier molecular flexibility index (Phi) is 7.11. The molecule has 0 radical (unpaired) electrons. The van der Waals surface area contributed by atoms with Crippen molar-refractivity contribution in [2.75, 3.05) is 0 Å². The molecule has 0 saturated heterocycles. The first-order valence-corrected chi connectivity index (χ1v) is 21.8. The Labute approximate surface area is 362 Å². The predicted octanol–water partition coefficient (Wildman–Crippen LogP) is 16.0. The van der Waals surface area contributed by atoms with Gasteiger partial charge in [-0.2, -0.15) is 0 Å². The number of benzene rings is 10. The number of hydrogen-bond acceptors (Lipinski definition) is 0. The minimum atomic E-state index is 1.14. The smallest absolute Gasteiger partial charge is 0.0642 e. The average molecular weight is 800 g/mol. The highest BCUT2D eigenvalue weighted by Crippen LogP contribution is 2.50. The van der Waals surface area contributed by atoms with Crippen molar-refractivity contribution in [3.63, 3.8) is 0 Å². The normalized spacial score (nSPS) is 12.1. The maximum Gasteiger partial charge on any atom is 0.0642 e. The summed E-state index contributed by atoms with van der Waals surface area (Å²) < 4.78 is 7.48. The molecule has 0 aliphatic rings. The van der Waals surface area contributed by atoms with Gasteiger partial charge in [0.05, 0.1) is 38.8 Å². The van der Waals surface area contributed by atoms with Crippen molar-refractivity contribution in [2.45, 2.75) is 0 Å². The molecule has 14 rings (SSSR count). The van der Waals surface area contributed by atoms with Crippen molar-refractivity contribution in [1.82, 2.24) is 13.5 Å². The molecule has 0 aliphatic carbocycles. The van der Waals surface area contributed by atoms with Gasteiger partial charge in [-0.1, -0.05) is 170 Å². The zero-order chi connectivity index (χ0) is 41.2. The predicted molar refractivity (Wildman–Crippen MR) is 266 cm³/mol. The van der Waals surface area contributed by atoms with E-state index >= 15 is 0 Å². The van der Waals surface area contributed by atoms with Crippen LogP contribution in [-0.2, 0) is 0 Å². The zero-order valence-corrected chi connectivity index (χ0v) is 34.2. The minimum absolute atomic E-state index is 1.14. The first kappa shape index (κ1) is 34.3. The van der Waals surface area contributed by atoms with E-state index in [-0.39, 0.29) is 0 Å². The maximum absolute atomic E-state index is 2.57. The van der Waals surface area contributed by atoms with E-state index < -0.39 is 0 Å². The van der Waals surface area contributed by atoms with Gasteiger partial charge >= 0.3 is 0 Å². The van der Waals surface area contributed by atoms with Crippen LogP contribution in [0.4, 0.5) is 0 Å². The van der Waals surface area contributed by atoms with E-state index in [4.69, 9.17) is 0 Å². The van der Waals surface area contributed by atoms with Crippen LogP contribution in [0.2, 0.25) is 0 Å². The number of rotatable bonds is 5. The molecule has 0 amide bonds. The van der Waals surface area contributed by atoms with E-state index in [1.807, 2.05) is 0 Å². The van der Waals surface area contributed by atoms with Crippen molar-refractivity contribution < 1.29 is 0 Å². The van der Waals surface area contributed by atoms with Crippen molar-refractivity contribution in [3.8, 4) is 44.9 Å². The number of nitrogens with zero attached hydrogens (tertiary/aromatic N) is 3. The lowest BCUT2D eigenvalue weighted by atomic mass is 9.96. The second-order valence-electron chi connectivity index (χ2n) is 16.8. The van der Waals surface area contributed by atoms with Gasteiger partial charge in [0.25, 0.3) is 0 Å². The van der Waals surface area contributed by atoms with Gasteiger partial charge in [0.1, 0.15) is 0 Å². The third-order valence-corrected chi connectivity index (χ3v) is 13.6. The molecule has 0 bridgehead atoms. The Hall–Kier alpha value is -8.40. The summed E-state index contributed by atoms with van der Waals surface area (Å²) in [5, 5.41) is 11.3. The van der Waals surface area contributed by atoms with Crippen LogP contribution in [0.3, 0.4) is 0 Å². The zero-order valence-electron chi connectivity index (χ0n) is 34.2. The van der Waals surface area contributed by atoms with Crippen LogP contribution in [0.1, 0.15) is 0 Å². The molecule has 0 N–H and O–H groups in total. The average Bonchev–Trinajstić information content (AvgIpc) is 3.98. The fourth-order valence-corrected chi connectivity index (χ4v) is 10.9. The van der Waals surface area contributed by atoms with E-state index in [1.165, 1.54) is 115 Å².